The molecule has 2 rings (SSSR count). The Bertz CT molecular complexity index is 732. The summed E-state index contributed by atoms with van der Waals surface area (Å²) in [6.45, 7) is 0.124. The van der Waals surface area contributed by atoms with Gasteiger partial charge in [-0.25, -0.2) is 4.79 Å². The molecular formula is C16H14ClNO5. The van der Waals surface area contributed by atoms with Crippen LogP contribution in [0.3, 0.4) is 0 Å². The molecule has 1 amide bonds. The lowest BCUT2D eigenvalue weighted by Crippen LogP contribution is -2.15. The second-order valence-electron chi connectivity index (χ2n) is 4.61. The SMILES string of the molecule is O=C(CCOc1ccccc1Cl)Nc1ccc(O)c(C(=O)O)c1. The first-order chi connectivity index (χ1) is 11.0. The number of hydrogen-bond acceptors (Lipinski definition) is 4. The zero-order chi connectivity index (χ0) is 16.8. The van der Waals surface area contributed by atoms with E-state index in [1.54, 1.807) is 24.3 Å². The second-order valence-corrected chi connectivity index (χ2v) is 5.02. The number of rotatable bonds is 6. The smallest absolute Gasteiger partial charge is 0.339 e. The number of hydrogen-bond donors (Lipinski definition) is 3. The van der Waals surface area contributed by atoms with Crippen LogP contribution in [0.4, 0.5) is 5.69 Å². The Balaban J connectivity index is 1.89. The zero-order valence-corrected chi connectivity index (χ0v) is 12.7. The predicted molar refractivity (Wildman–Crippen MR) is 85.3 cm³/mol. The summed E-state index contributed by atoms with van der Waals surface area (Å²) in [6, 6.07) is 10.7. The molecule has 0 radical (unpaired) electrons. The molecule has 3 N–H and O–H groups in total. The Morgan fingerprint density at radius 3 is 2.61 bits per heavy atom. The number of anilines is 1. The van der Waals surface area contributed by atoms with Crippen LogP contribution in [-0.2, 0) is 4.79 Å². The zero-order valence-electron chi connectivity index (χ0n) is 12.0. The second kappa shape index (κ2) is 7.51. The summed E-state index contributed by atoms with van der Waals surface area (Å²) in [6.07, 6.45) is 0.0640. The first-order valence-electron chi connectivity index (χ1n) is 6.71. The van der Waals surface area contributed by atoms with Crippen LogP contribution in [-0.4, -0.2) is 28.7 Å². The largest absolute Gasteiger partial charge is 0.507 e. The molecule has 120 valence electrons. The van der Waals surface area contributed by atoms with E-state index in [0.29, 0.717) is 10.8 Å². The molecule has 0 saturated heterocycles. The minimum absolute atomic E-state index is 0.0640. The van der Waals surface area contributed by atoms with Gasteiger partial charge >= 0.3 is 5.97 Å². The summed E-state index contributed by atoms with van der Waals surface area (Å²) in [5.41, 5.74) is -0.00180. The molecule has 0 spiro atoms. The maximum Gasteiger partial charge on any atom is 0.339 e. The lowest BCUT2D eigenvalue weighted by Gasteiger charge is -2.09. The highest BCUT2D eigenvalue weighted by Gasteiger charge is 2.11. The van der Waals surface area contributed by atoms with Gasteiger partial charge in [0, 0.05) is 5.69 Å². The van der Waals surface area contributed by atoms with Gasteiger partial charge in [0.05, 0.1) is 18.1 Å². The summed E-state index contributed by atoms with van der Waals surface area (Å²) in [7, 11) is 0. The molecule has 0 aliphatic carbocycles. The quantitative estimate of drug-likeness (QED) is 0.705. The lowest BCUT2D eigenvalue weighted by molar-refractivity contribution is -0.116. The molecule has 0 heterocycles. The number of halogens is 1. The first kappa shape index (κ1) is 16.6. The maximum absolute atomic E-state index is 11.8. The lowest BCUT2D eigenvalue weighted by atomic mass is 10.2. The van der Waals surface area contributed by atoms with E-state index in [2.05, 4.69) is 5.32 Å². The van der Waals surface area contributed by atoms with Crippen molar-refractivity contribution in [2.24, 2.45) is 0 Å². The molecule has 23 heavy (non-hydrogen) atoms. The molecule has 0 aliphatic rings. The van der Waals surface area contributed by atoms with E-state index >= 15 is 0 Å². The number of aromatic hydroxyl groups is 1. The van der Waals surface area contributed by atoms with Crippen molar-refractivity contribution in [3.8, 4) is 11.5 Å². The highest BCUT2D eigenvalue weighted by molar-refractivity contribution is 6.32. The standard InChI is InChI=1S/C16H14ClNO5/c17-12-3-1-2-4-14(12)23-8-7-15(20)18-10-5-6-13(19)11(9-10)16(21)22/h1-6,9,19H,7-8H2,(H,18,20)(H,21,22). The van der Waals surface area contributed by atoms with Crippen LogP contribution < -0.4 is 10.1 Å². The third kappa shape index (κ3) is 4.62. The number of aromatic carboxylic acids is 1. The van der Waals surface area contributed by atoms with E-state index in [-0.39, 0.29) is 35.9 Å². The number of para-hydroxylation sites is 1. The fourth-order valence-electron chi connectivity index (χ4n) is 1.82. The Morgan fingerprint density at radius 2 is 1.91 bits per heavy atom. The van der Waals surface area contributed by atoms with Crippen LogP contribution in [0.5, 0.6) is 11.5 Å². The topological polar surface area (TPSA) is 95.9 Å². The first-order valence-corrected chi connectivity index (χ1v) is 7.08. The van der Waals surface area contributed by atoms with Gasteiger partial charge in [0.2, 0.25) is 5.91 Å². The number of carboxylic acid groups (broad SMARTS) is 1. The molecular weight excluding hydrogens is 322 g/mol. The van der Waals surface area contributed by atoms with Gasteiger partial charge in [-0.05, 0) is 30.3 Å². The summed E-state index contributed by atoms with van der Waals surface area (Å²) >= 11 is 5.93. The van der Waals surface area contributed by atoms with Crippen molar-refractivity contribution in [2.45, 2.75) is 6.42 Å². The van der Waals surface area contributed by atoms with Crippen molar-refractivity contribution >= 4 is 29.2 Å². The molecule has 0 aliphatic heterocycles. The number of amides is 1. The van der Waals surface area contributed by atoms with Crippen molar-refractivity contribution in [1.82, 2.24) is 0 Å². The Labute approximate surface area is 137 Å². The number of carbonyl (C=O) groups is 2. The van der Waals surface area contributed by atoms with Crippen molar-refractivity contribution < 1.29 is 24.5 Å². The number of ether oxygens (including phenoxy) is 1. The van der Waals surface area contributed by atoms with Gasteiger partial charge in [0.1, 0.15) is 17.1 Å². The van der Waals surface area contributed by atoms with Gasteiger partial charge in [-0.15, -0.1) is 0 Å². The van der Waals surface area contributed by atoms with Crippen LogP contribution in [0.2, 0.25) is 5.02 Å². The molecule has 7 heteroatoms. The van der Waals surface area contributed by atoms with Gasteiger partial charge < -0.3 is 20.3 Å². The number of phenols is 1. The highest BCUT2D eigenvalue weighted by Crippen LogP contribution is 2.23. The van der Waals surface area contributed by atoms with E-state index in [1.807, 2.05) is 0 Å². The fraction of sp³-hybridized carbons (Fsp3) is 0.125. The van der Waals surface area contributed by atoms with Gasteiger partial charge in [-0.2, -0.15) is 0 Å². The van der Waals surface area contributed by atoms with Gasteiger partial charge in [0.15, 0.2) is 0 Å². The normalized spacial score (nSPS) is 10.1. The van der Waals surface area contributed by atoms with Crippen LogP contribution in [0.1, 0.15) is 16.8 Å². The summed E-state index contributed by atoms with van der Waals surface area (Å²) in [5.74, 6) is -1.50. The van der Waals surface area contributed by atoms with Gasteiger partial charge in [0.25, 0.3) is 0 Å². The summed E-state index contributed by atoms with van der Waals surface area (Å²) in [5, 5.41) is 21.3. The highest BCUT2D eigenvalue weighted by atomic mass is 35.5. The molecule has 0 unspecified atom stereocenters. The van der Waals surface area contributed by atoms with Crippen molar-refractivity contribution in [3.63, 3.8) is 0 Å². The summed E-state index contributed by atoms with van der Waals surface area (Å²) in [4.78, 5) is 22.7. The van der Waals surface area contributed by atoms with Crippen molar-refractivity contribution in [1.29, 1.82) is 0 Å². The number of carboxylic acids is 1. The molecule has 0 saturated carbocycles. The van der Waals surface area contributed by atoms with Gasteiger partial charge in [-0.3, -0.25) is 4.79 Å². The number of nitrogens with one attached hydrogen (secondary N) is 1. The van der Waals surface area contributed by atoms with Crippen molar-refractivity contribution in [3.05, 3.63) is 53.1 Å². The number of carbonyl (C=O) groups excluding carboxylic acids is 1. The van der Waals surface area contributed by atoms with Crippen LogP contribution in [0, 0.1) is 0 Å². The average Bonchev–Trinajstić information content (AvgIpc) is 2.51. The molecule has 6 nitrogen and oxygen atoms in total. The molecule has 0 aromatic heterocycles. The minimum atomic E-state index is -1.28. The van der Waals surface area contributed by atoms with E-state index in [1.165, 1.54) is 18.2 Å². The Kier molecular flexibility index (Phi) is 5.43. The van der Waals surface area contributed by atoms with E-state index in [9.17, 15) is 14.7 Å². The predicted octanol–water partition coefficient (Wildman–Crippen LogP) is 3.15. The molecule has 0 bridgehead atoms. The van der Waals surface area contributed by atoms with Crippen LogP contribution in [0.25, 0.3) is 0 Å². The van der Waals surface area contributed by atoms with Gasteiger partial charge in [-0.1, -0.05) is 23.7 Å². The fourth-order valence-corrected chi connectivity index (χ4v) is 2.01. The van der Waals surface area contributed by atoms with Crippen molar-refractivity contribution in [2.75, 3.05) is 11.9 Å². The van der Waals surface area contributed by atoms with E-state index in [4.69, 9.17) is 21.4 Å². The monoisotopic (exact) mass is 335 g/mol. The average molecular weight is 336 g/mol. The Morgan fingerprint density at radius 1 is 1.17 bits per heavy atom. The third-order valence-corrected chi connectivity index (χ3v) is 3.25. The van der Waals surface area contributed by atoms with E-state index in [0.717, 1.165) is 0 Å². The number of benzene rings is 2. The molecule has 0 atom stereocenters. The van der Waals surface area contributed by atoms with Crippen LogP contribution >= 0.6 is 11.6 Å². The molecule has 0 fully saturated rings. The molecule has 2 aromatic rings. The third-order valence-electron chi connectivity index (χ3n) is 2.93. The minimum Gasteiger partial charge on any atom is -0.507 e. The van der Waals surface area contributed by atoms with Crippen LogP contribution in [0.15, 0.2) is 42.5 Å². The molecule has 2 aromatic carbocycles. The van der Waals surface area contributed by atoms with E-state index < -0.39 is 5.97 Å². The summed E-state index contributed by atoms with van der Waals surface area (Å²) < 4.78 is 5.40. The maximum atomic E-state index is 11.8. The Hall–Kier alpha value is -2.73.